The Bertz CT molecular complexity index is 929. The standard InChI is InChI=1S/C22H23ClN2O4/c1-25(13-20(26)24-19-8-3-2-7-18(19)23)21(27)14-29-22(28)12-15-9-10-16-5-4-6-17(16)11-15/h2-3,7-11H,4-6,12-14H2,1H3,(H,24,26). The van der Waals surface area contributed by atoms with E-state index in [0.29, 0.717) is 10.7 Å². The fourth-order valence-electron chi connectivity index (χ4n) is 3.26. The molecule has 6 nitrogen and oxygen atoms in total. The number of nitrogens with zero attached hydrogens (tertiary/aromatic N) is 1. The Balaban J connectivity index is 1.42. The summed E-state index contributed by atoms with van der Waals surface area (Å²) in [7, 11) is 1.48. The molecule has 1 aliphatic carbocycles. The number of carbonyl (C=O) groups is 3. The molecule has 0 aromatic heterocycles. The van der Waals surface area contributed by atoms with Crippen molar-refractivity contribution in [2.75, 3.05) is 25.5 Å². The summed E-state index contributed by atoms with van der Waals surface area (Å²) >= 11 is 6.00. The van der Waals surface area contributed by atoms with Gasteiger partial charge in [0.15, 0.2) is 6.61 Å². The molecule has 152 valence electrons. The zero-order chi connectivity index (χ0) is 20.8. The minimum Gasteiger partial charge on any atom is -0.455 e. The van der Waals surface area contributed by atoms with Crippen LogP contribution in [-0.4, -0.2) is 42.9 Å². The zero-order valence-corrected chi connectivity index (χ0v) is 17.0. The van der Waals surface area contributed by atoms with Gasteiger partial charge in [0.2, 0.25) is 5.91 Å². The Morgan fingerprint density at radius 3 is 2.66 bits per heavy atom. The van der Waals surface area contributed by atoms with Gasteiger partial charge in [0.1, 0.15) is 0 Å². The van der Waals surface area contributed by atoms with Gasteiger partial charge >= 0.3 is 5.97 Å². The van der Waals surface area contributed by atoms with E-state index in [-0.39, 0.29) is 13.0 Å². The summed E-state index contributed by atoms with van der Waals surface area (Å²) in [4.78, 5) is 37.5. The lowest BCUT2D eigenvalue weighted by Gasteiger charge is -2.17. The number of hydrogen-bond acceptors (Lipinski definition) is 4. The SMILES string of the molecule is CN(CC(=O)Nc1ccccc1Cl)C(=O)COC(=O)Cc1ccc2c(c1)CCC2. The number of anilines is 1. The highest BCUT2D eigenvalue weighted by molar-refractivity contribution is 6.33. The molecular weight excluding hydrogens is 392 g/mol. The Morgan fingerprint density at radius 1 is 1.10 bits per heavy atom. The van der Waals surface area contributed by atoms with Gasteiger partial charge in [-0.05, 0) is 48.1 Å². The molecular formula is C22H23ClN2O4. The lowest BCUT2D eigenvalue weighted by Crippen LogP contribution is -2.37. The number of ether oxygens (including phenoxy) is 1. The van der Waals surface area contributed by atoms with Crippen LogP contribution in [0.25, 0.3) is 0 Å². The molecule has 7 heteroatoms. The van der Waals surface area contributed by atoms with Crippen LogP contribution in [0.2, 0.25) is 5.02 Å². The van der Waals surface area contributed by atoms with Gasteiger partial charge in [-0.1, -0.05) is 41.9 Å². The normalized spacial score (nSPS) is 12.2. The Labute approximate surface area is 174 Å². The van der Waals surface area contributed by atoms with Crippen LogP contribution in [0.4, 0.5) is 5.69 Å². The molecule has 0 saturated heterocycles. The molecule has 0 saturated carbocycles. The molecule has 1 N–H and O–H groups in total. The van der Waals surface area contributed by atoms with Crippen LogP contribution < -0.4 is 5.32 Å². The topological polar surface area (TPSA) is 75.7 Å². The fourth-order valence-corrected chi connectivity index (χ4v) is 3.44. The summed E-state index contributed by atoms with van der Waals surface area (Å²) in [5.41, 5.74) is 3.99. The monoisotopic (exact) mass is 414 g/mol. The number of para-hydroxylation sites is 1. The van der Waals surface area contributed by atoms with Crippen molar-refractivity contribution in [1.82, 2.24) is 4.90 Å². The second-order valence-electron chi connectivity index (χ2n) is 7.07. The third kappa shape index (κ3) is 5.81. The van der Waals surface area contributed by atoms with Gasteiger partial charge < -0.3 is 15.0 Å². The summed E-state index contributed by atoms with van der Waals surface area (Å²) in [5, 5.41) is 3.05. The summed E-state index contributed by atoms with van der Waals surface area (Å²) < 4.78 is 5.08. The van der Waals surface area contributed by atoms with Crippen LogP contribution in [0, 0.1) is 0 Å². The van der Waals surface area contributed by atoms with Crippen LogP contribution >= 0.6 is 11.6 Å². The van der Waals surface area contributed by atoms with E-state index in [1.165, 1.54) is 23.1 Å². The second-order valence-corrected chi connectivity index (χ2v) is 7.48. The van der Waals surface area contributed by atoms with Crippen molar-refractivity contribution in [3.8, 4) is 0 Å². The number of esters is 1. The van der Waals surface area contributed by atoms with Crippen molar-refractivity contribution >= 4 is 35.1 Å². The first-order chi connectivity index (χ1) is 13.9. The minimum absolute atomic E-state index is 0.122. The van der Waals surface area contributed by atoms with E-state index in [0.717, 1.165) is 24.8 Å². The van der Waals surface area contributed by atoms with Gasteiger partial charge in [-0.2, -0.15) is 0 Å². The Hall–Kier alpha value is -2.86. The summed E-state index contributed by atoms with van der Waals surface area (Å²) in [6.45, 7) is -0.577. The molecule has 0 unspecified atom stereocenters. The Morgan fingerprint density at radius 2 is 1.86 bits per heavy atom. The molecule has 2 aromatic rings. The highest BCUT2D eigenvalue weighted by atomic mass is 35.5. The zero-order valence-electron chi connectivity index (χ0n) is 16.2. The number of fused-ring (bicyclic) bond motifs is 1. The van der Waals surface area contributed by atoms with E-state index in [9.17, 15) is 14.4 Å². The first-order valence-electron chi connectivity index (χ1n) is 9.47. The molecule has 2 aromatic carbocycles. The lowest BCUT2D eigenvalue weighted by atomic mass is 10.0. The molecule has 0 fully saturated rings. The number of benzene rings is 2. The number of nitrogens with one attached hydrogen (secondary N) is 1. The van der Waals surface area contributed by atoms with Crippen LogP contribution in [-0.2, 0) is 38.4 Å². The maximum Gasteiger partial charge on any atom is 0.310 e. The van der Waals surface area contributed by atoms with Gasteiger partial charge in [0.25, 0.3) is 5.91 Å². The number of amides is 2. The molecule has 2 amide bonds. The van der Waals surface area contributed by atoms with E-state index in [4.69, 9.17) is 16.3 Å². The van der Waals surface area contributed by atoms with Gasteiger partial charge in [-0.15, -0.1) is 0 Å². The quantitative estimate of drug-likeness (QED) is 0.706. The van der Waals surface area contributed by atoms with Crippen molar-refractivity contribution < 1.29 is 19.1 Å². The molecule has 0 bridgehead atoms. The highest BCUT2D eigenvalue weighted by Gasteiger charge is 2.17. The van der Waals surface area contributed by atoms with Crippen LogP contribution in [0.1, 0.15) is 23.1 Å². The van der Waals surface area contributed by atoms with Crippen molar-refractivity contribution in [2.24, 2.45) is 0 Å². The van der Waals surface area contributed by atoms with Gasteiger partial charge in [0, 0.05) is 7.05 Å². The maximum absolute atomic E-state index is 12.2. The van der Waals surface area contributed by atoms with E-state index >= 15 is 0 Å². The fraction of sp³-hybridized carbons (Fsp3) is 0.318. The summed E-state index contributed by atoms with van der Waals surface area (Å²) in [6.07, 6.45) is 3.40. The van der Waals surface area contributed by atoms with Gasteiger partial charge in [-0.3, -0.25) is 14.4 Å². The molecule has 0 aliphatic heterocycles. The van der Waals surface area contributed by atoms with E-state index in [1.807, 2.05) is 12.1 Å². The van der Waals surface area contributed by atoms with E-state index < -0.39 is 24.4 Å². The highest BCUT2D eigenvalue weighted by Crippen LogP contribution is 2.23. The van der Waals surface area contributed by atoms with Crippen LogP contribution in [0.15, 0.2) is 42.5 Å². The Kier molecular flexibility index (Phi) is 6.88. The minimum atomic E-state index is -0.467. The number of hydrogen-bond donors (Lipinski definition) is 1. The number of likely N-dealkylation sites (N-methyl/N-ethyl adjacent to an activating group) is 1. The third-order valence-electron chi connectivity index (χ3n) is 4.82. The van der Waals surface area contributed by atoms with E-state index in [1.54, 1.807) is 24.3 Å². The average molecular weight is 415 g/mol. The molecule has 0 spiro atoms. The first kappa shape index (κ1) is 20.9. The molecule has 1 aliphatic rings. The molecule has 29 heavy (non-hydrogen) atoms. The molecule has 0 heterocycles. The summed E-state index contributed by atoms with van der Waals surface area (Å²) in [5.74, 6) is -1.31. The maximum atomic E-state index is 12.2. The van der Waals surface area contributed by atoms with Crippen molar-refractivity contribution in [3.63, 3.8) is 0 Å². The number of halogens is 1. The largest absolute Gasteiger partial charge is 0.455 e. The number of rotatable bonds is 7. The predicted molar refractivity (Wildman–Crippen MR) is 111 cm³/mol. The first-order valence-corrected chi connectivity index (χ1v) is 9.85. The smallest absolute Gasteiger partial charge is 0.310 e. The molecule has 0 radical (unpaired) electrons. The van der Waals surface area contributed by atoms with Crippen LogP contribution in [0.3, 0.4) is 0 Å². The van der Waals surface area contributed by atoms with Gasteiger partial charge in [-0.25, -0.2) is 0 Å². The van der Waals surface area contributed by atoms with Gasteiger partial charge in [0.05, 0.1) is 23.7 Å². The number of carbonyl (C=O) groups excluding carboxylic acids is 3. The van der Waals surface area contributed by atoms with Crippen molar-refractivity contribution in [1.29, 1.82) is 0 Å². The third-order valence-corrected chi connectivity index (χ3v) is 5.15. The van der Waals surface area contributed by atoms with Crippen molar-refractivity contribution in [3.05, 3.63) is 64.2 Å². The second kappa shape index (κ2) is 9.56. The van der Waals surface area contributed by atoms with E-state index in [2.05, 4.69) is 11.4 Å². The van der Waals surface area contributed by atoms with Crippen LogP contribution in [0.5, 0.6) is 0 Å². The molecule has 0 atom stereocenters. The lowest BCUT2D eigenvalue weighted by molar-refractivity contribution is -0.151. The summed E-state index contributed by atoms with van der Waals surface area (Å²) in [6, 6.07) is 12.9. The predicted octanol–water partition coefficient (Wildman–Crippen LogP) is 3.01. The number of aryl methyl sites for hydroxylation is 2. The molecule has 3 rings (SSSR count). The average Bonchev–Trinajstić information content (AvgIpc) is 3.15. The van der Waals surface area contributed by atoms with Crippen molar-refractivity contribution in [2.45, 2.75) is 25.7 Å².